The maximum atomic E-state index is 12.2. The van der Waals surface area contributed by atoms with Crippen molar-refractivity contribution >= 4 is 34.7 Å². The Labute approximate surface area is 156 Å². The van der Waals surface area contributed by atoms with Gasteiger partial charge in [-0.15, -0.1) is 0 Å². The number of halogens is 2. The van der Waals surface area contributed by atoms with Gasteiger partial charge in [-0.05, 0) is 24.6 Å². The minimum Gasteiger partial charge on any atom is -0.491 e. The maximum absolute atomic E-state index is 12.2. The molecule has 25 heavy (non-hydrogen) atoms. The first kappa shape index (κ1) is 17.5. The molecule has 1 heterocycles. The van der Waals surface area contributed by atoms with Gasteiger partial charge in [0.15, 0.2) is 0 Å². The molecule has 0 unspecified atom stereocenters. The summed E-state index contributed by atoms with van der Waals surface area (Å²) in [7, 11) is 0. The molecule has 0 aromatic heterocycles. The predicted octanol–water partition coefficient (Wildman–Crippen LogP) is 5.25. The molecule has 2 aromatic carbocycles. The lowest BCUT2D eigenvalue weighted by Crippen LogP contribution is -2.31. The number of nitriles is 1. The van der Waals surface area contributed by atoms with Crippen LogP contribution in [0.4, 0.5) is 0 Å². The second-order valence-electron chi connectivity index (χ2n) is 5.89. The number of carbonyl (C=O) groups is 1. The third-order valence-electron chi connectivity index (χ3n) is 4.34. The molecule has 2 aromatic rings. The lowest BCUT2D eigenvalue weighted by atomic mass is 9.76. The van der Waals surface area contributed by atoms with Crippen LogP contribution in [-0.2, 0) is 9.53 Å². The maximum Gasteiger partial charge on any atom is 0.140 e. The zero-order chi connectivity index (χ0) is 18.0. The molecule has 0 fully saturated rings. The number of carbonyl (C=O) groups excluding carboxylic acids is 1. The molecule has 3 rings (SSSR count). The number of hydrogen-bond acceptors (Lipinski definition) is 3. The summed E-state index contributed by atoms with van der Waals surface area (Å²) >= 11 is 12.4. The highest BCUT2D eigenvalue weighted by Gasteiger charge is 2.38. The zero-order valence-electron chi connectivity index (χ0n) is 13.5. The molecule has 3 nitrogen and oxygen atoms in total. The number of Topliss-reactive ketones (excluding diaryl/α,β-unsaturated/α-hetero) is 1. The molecule has 0 N–H and O–H groups in total. The Hall–Kier alpha value is -2.28. The van der Waals surface area contributed by atoms with Crippen molar-refractivity contribution in [3.8, 4) is 6.07 Å². The highest BCUT2D eigenvalue weighted by molar-refractivity contribution is 6.35. The van der Waals surface area contributed by atoms with Gasteiger partial charge in [-0.1, -0.05) is 59.6 Å². The monoisotopic (exact) mass is 371 g/mol. The highest BCUT2D eigenvalue weighted by atomic mass is 35.5. The van der Waals surface area contributed by atoms with Gasteiger partial charge in [0.2, 0.25) is 0 Å². The molecule has 1 aliphatic rings. The number of benzene rings is 2. The van der Waals surface area contributed by atoms with E-state index in [4.69, 9.17) is 27.9 Å². The lowest BCUT2D eigenvalue weighted by Gasteiger charge is -2.32. The van der Waals surface area contributed by atoms with E-state index >= 15 is 0 Å². The van der Waals surface area contributed by atoms with Gasteiger partial charge in [-0.25, -0.2) is 0 Å². The molecule has 0 saturated heterocycles. The fraction of sp³-hybridized carbons (Fsp3) is 0.200. The standard InChI is InChI=1S/C20H15Cl2NO2/c1-12(24)17-11-25-20(13-5-3-2-4-6-13)16(10-23)19(17)15-8-7-14(21)9-18(15)22/h2-9,17,19H,11H2,1H3/t17-,19+/m1/s1. The van der Waals surface area contributed by atoms with Crippen LogP contribution in [0.2, 0.25) is 10.0 Å². The van der Waals surface area contributed by atoms with Crippen molar-refractivity contribution < 1.29 is 9.53 Å². The number of ether oxygens (including phenoxy) is 1. The summed E-state index contributed by atoms with van der Waals surface area (Å²) in [4.78, 5) is 12.2. The van der Waals surface area contributed by atoms with Gasteiger partial charge in [0.1, 0.15) is 11.5 Å². The van der Waals surface area contributed by atoms with Crippen LogP contribution in [0.3, 0.4) is 0 Å². The van der Waals surface area contributed by atoms with Crippen LogP contribution in [0, 0.1) is 17.2 Å². The van der Waals surface area contributed by atoms with Crippen LogP contribution in [0.15, 0.2) is 54.1 Å². The van der Waals surface area contributed by atoms with Crippen molar-refractivity contribution in [2.24, 2.45) is 5.92 Å². The molecule has 5 heteroatoms. The molecule has 2 atom stereocenters. The smallest absolute Gasteiger partial charge is 0.140 e. The second-order valence-corrected chi connectivity index (χ2v) is 6.74. The van der Waals surface area contributed by atoms with E-state index in [1.165, 1.54) is 6.92 Å². The highest BCUT2D eigenvalue weighted by Crippen LogP contribution is 2.44. The van der Waals surface area contributed by atoms with E-state index in [1.807, 2.05) is 30.3 Å². The third-order valence-corrected chi connectivity index (χ3v) is 4.90. The van der Waals surface area contributed by atoms with Crippen LogP contribution >= 0.6 is 23.2 Å². The summed E-state index contributed by atoms with van der Waals surface area (Å²) in [6.45, 7) is 1.71. The van der Waals surface area contributed by atoms with Crippen molar-refractivity contribution in [2.45, 2.75) is 12.8 Å². The minimum atomic E-state index is -0.471. The Morgan fingerprint density at radius 1 is 1.20 bits per heavy atom. The fourth-order valence-electron chi connectivity index (χ4n) is 3.12. The first-order valence-electron chi connectivity index (χ1n) is 7.80. The Bertz CT molecular complexity index is 884. The molecular formula is C20H15Cl2NO2. The van der Waals surface area contributed by atoms with Crippen LogP contribution in [0.25, 0.3) is 5.76 Å². The zero-order valence-corrected chi connectivity index (χ0v) is 15.0. The van der Waals surface area contributed by atoms with E-state index in [-0.39, 0.29) is 12.4 Å². The number of nitrogens with zero attached hydrogens (tertiary/aromatic N) is 1. The third kappa shape index (κ3) is 3.42. The van der Waals surface area contributed by atoms with Gasteiger partial charge >= 0.3 is 0 Å². The summed E-state index contributed by atoms with van der Waals surface area (Å²) in [5.74, 6) is -0.482. The lowest BCUT2D eigenvalue weighted by molar-refractivity contribution is -0.122. The van der Waals surface area contributed by atoms with Crippen LogP contribution in [-0.4, -0.2) is 12.4 Å². The quantitative estimate of drug-likeness (QED) is 0.740. The van der Waals surface area contributed by atoms with Gasteiger partial charge in [0, 0.05) is 21.5 Å². The SMILES string of the molecule is CC(=O)[C@H]1COC(c2ccccc2)=C(C#N)[C@@H]1c1ccc(Cl)cc1Cl. The van der Waals surface area contributed by atoms with E-state index in [0.29, 0.717) is 26.9 Å². The molecule has 1 aliphatic heterocycles. The van der Waals surface area contributed by atoms with Crippen molar-refractivity contribution in [1.82, 2.24) is 0 Å². The van der Waals surface area contributed by atoms with Crippen molar-refractivity contribution in [1.29, 1.82) is 5.26 Å². The van der Waals surface area contributed by atoms with Gasteiger partial charge < -0.3 is 4.74 Å². The summed E-state index contributed by atoms with van der Waals surface area (Å²) < 4.78 is 5.82. The molecule has 0 radical (unpaired) electrons. The van der Waals surface area contributed by atoms with Crippen molar-refractivity contribution in [3.63, 3.8) is 0 Å². The predicted molar refractivity (Wildman–Crippen MR) is 98.3 cm³/mol. The first-order chi connectivity index (χ1) is 12.0. The first-order valence-corrected chi connectivity index (χ1v) is 8.56. The number of ketones is 1. The van der Waals surface area contributed by atoms with Crippen molar-refractivity contribution in [2.75, 3.05) is 6.61 Å². The fourth-order valence-corrected chi connectivity index (χ4v) is 3.64. The number of rotatable bonds is 3. The Balaban J connectivity index is 2.21. The summed E-state index contributed by atoms with van der Waals surface area (Å²) in [5.41, 5.74) is 1.91. The van der Waals surface area contributed by atoms with Gasteiger partial charge in [0.25, 0.3) is 0 Å². The van der Waals surface area contributed by atoms with Crippen LogP contribution in [0.1, 0.15) is 24.0 Å². The van der Waals surface area contributed by atoms with Gasteiger partial charge in [0.05, 0.1) is 24.2 Å². The van der Waals surface area contributed by atoms with Crippen LogP contribution < -0.4 is 0 Å². The average Bonchev–Trinajstić information content (AvgIpc) is 2.61. The minimum absolute atomic E-state index is 0.0455. The van der Waals surface area contributed by atoms with E-state index in [1.54, 1.807) is 18.2 Å². The van der Waals surface area contributed by atoms with E-state index in [9.17, 15) is 10.1 Å². The Morgan fingerprint density at radius 3 is 2.52 bits per heavy atom. The molecule has 0 bridgehead atoms. The van der Waals surface area contributed by atoms with E-state index in [0.717, 1.165) is 5.56 Å². The normalized spacial score (nSPS) is 19.9. The molecule has 126 valence electrons. The van der Waals surface area contributed by atoms with E-state index < -0.39 is 11.8 Å². The van der Waals surface area contributed by atoms with E-state index in [2.05, 4.69) is 6.07 Å². The number of allylic oxidation sites excluding steroid dienone is 1. The molecule has 0 aliphatic carbocycles. The number of hydrogen-bond donors (Lipinski definition) is 0. The Kier molecular flexibility index (Phi) is 5.13. The average molecular weight is 372 g/mol. The topological polar surface area (TPSA) is 50.1 Å². The molecule has 0 saturated carbocycles. The molecule has 0 amide bonds. The summed E-state index contributed by atoms with van der Waals surface area (Å²) in [6, 6.07) is 16.8. The van der Waals surface area contributed by atoms with Crippen molar-refractivity contribution in [3.05, 3.63) is 75.3 Å². The van der Waals surface area contributed by atoms with Crippen LogP contribution in [0.5, 0.6) is 0 Å². The second kappa shape index (κ2) is 7.31. The molecule has 0 spiro atoms. The largest absolute Gasteiger partial charge is 0.491 e. The molecular weight excluding hydrogens is 357 g/mol. The summed E-state index contributed by atoms with van der Waals surface area (Å²) in [6.07, 6.45) is 0. The van der Waals surface area contributed by atoms with Gasteiger partial charge in [-0.2, -0.15) is 5.26 Å². The van der Waals surface area contributed by atoms with Gasteiger partial charge in [-0.3, -0.25) is 4.79 Å². The summed E-state index contributed by atoms with van der Waals surface area (Å²) in [5, 5.41) is 10.8. The Morgan fingerprint density at radius 2 is 1.92 bits per heavy atom.